The van der Waals surface area contributed by atoms with Gasteiger partial charge >= 0.3 is 5.97 Å². The van der Waals surface area contributed by atoms with Crippen molar-refractivity contribution in [2.45, 2.75) is 251 Å². The summed E-state index contributed by atoms with van der Waals surface area (Å²) in [5.74, 6) is -0.535. The van der Waals surface area contributed by atoms with E-state index in [1.165, 1.54) is 77.0 Å². The first kappa shape index (κ1) is 59.0. The van der Waals surface area contributed by atoms with Crippen LogP contribution in [0.2, 0.25) is 0 Å². The molecule has 3 N–H and O–H groups in total. The van der Waals surface area contributed by atoms with Gasteiger partial charge in [0.15, 0.2) is 0 Å². The van der Waals surface area contributed by atoms with Crippen LogP contribution in [-0.2, 0) is 14.3 Å². The topological polar surface area (TPSA) is 95.9 Å². The number of ether oxygens (including phenoxy) is 1. The normalized spacial score (nSPS) is 14.0. The van der Waals surface area contributed by atoms with E-state index in [9.17, 15) is 19.8 Å². The summed E-state index contributed by atoms with van der Waals surface area (Å²) >= 11 is 0. The van der Waals surface area contributed by atoms with E-state index in [1.807, 2.05) is 0 Å². The molecule has 0 spiro atoms. The first-order chi connectivity index (χ1) is 30.5. The Bertz CT molecular complexity index is 1200. The van der Waals surface area contributed by atoms with Crippen molar-refractivity contribution in [1.82, 2.24) is 5.32 Å². The zero-order valence-corrected chi connectivity index (χ0v) is 40.5. The molecule has 62 heavy (non-hydrogen) atoms. The van der Waals surface area contributed by atoms with Crippen molar-refractivity contribution in [2.24, 2.45) is 0 Å². The third-order valence-corrected chi connectivity index (χ3v) is 11.3. The zero-order chi connectivity index (χ0) is 45.2. The summed E-state index contributed by atoms with van der Waals surface area (Å²) in [5, 5.41) is 23.7. The van der Waals surface area contributed by atoms with E-state index in [0.29, 0.717) is 19.3 Å². The summed E-state index contributed by atoms with van der Waals surface area (Å²) in [4.78, 5) is 26.1. The molecule has 6 nitrogen and oxygen atoms in total. The molecule has 3 atom stereocenters. The van der Waals surface area contributed by atoms with Gasteiger partial charge in [0.1, 0.15) is 6.10 Å². The molecule has 0 bridgehead atoms. The number of aliphatic hydroxyl groups is 2. The summed E-state index contributed by atoms with van der Waals surface area (Å²) in [7, 11) is 0. The highest BCUT2D eigenvalue weighted by Gasteiger charge is 2.24. The second kappa shape index (κ2) is 49.1. The molecule has 1 amide bonds. The predicted octanol–water partition coefficient (Wildman–Crippen LogP) is 15.6. The number of carbonyl (C=O) groups is 2. The minimum atomic E-state index is -0.802. The van der Waals surface area contributed by atoms with Crippen LogP contribution in [0.5, 0.6) is 0 Å². The second-order valence-electron chi connectivity index (χ2n) is 17.2. The largest absolute Gasteiger partial charge is 0.462 e. The Morgan fingerprint density at radius 1 is 0.500 bits per heavy atom. The van der Waals surface area contributed by atoms with E-state index in [-0.39, 0.29) is 24.9 Å². The van der Waals surface area contributed by atoms with Crippen LogP contribution in [0.15, 0.2) is 85.1 Å². The smallest absolute Gasteiger partial charge is 0.306 e. The molecule has 0 heterocycles. The van der Waals surface area contributed by atoms with Crippen LogP contribution in [0, 0.1) is 0 Å². The van der Waals surface area contributed by atoms with Crippen molar-refractivity contribution in [3.05, 3.63) is 85.1 Å². The quantitative estimate of drug-likeness (QED) is 0.0245. The number of unbranched alkanes of at least 4 members (excludes halogenated alkanes) is 21. The molecule has 356 valence electrons. The lowest BCUT2D eigenvalue weighted by atomic mass is 10.0. The third-order valence-electron chi connectivity index (χ3n) is 11.3. The Hall–Kier alpha value is -2.96. The van der Waals surface area contributed by atoms with Gasteiger partial charge in [-0.1, -0.05) is 215 Å². The van der Waals surface area contributed by atoms with Gasteiger partial charge in [0, 0.05) is 6.42 Å². The van der Waals surface area contributed by atoms with E-state index < -0.39 is 18.2 Å². The van der Waals surface area contributed by atoms with E-state index in [2.05, 4.69) is 111 Å². The Morgan fingerprint density at radius 2 is 0.935 bits per heavy atom. The standard InChI is InChI=1S/C56H97NO5/c1-4-7-10-13-16-19-22-24-25-26-27-28-29-31-34-37-40-43-46-49-56(61)62-52(47-44-41-38-35-33-30-23-20-17-14-11-8-5-2)50-55(60)57-53(51-58)54(59)48-45-42-39-36-32-21-18-15-12-9-6-3/h8,11,14,16-17,19-20,23-25,27-28,31,34,52-54,58-59H,4-7,9-10,12-13,15,18,21-22,26,29-30,32-33,35-51H2,1-3H3,(H,57,60)/b11-8+,17-14+,19-16-,23-20+,25-24-,28-27-,34-31-. The molecular weight excluding hydrogens is 767 g/mol. The molecule has 0 aliphatic heterocycles. The van der Waals surface area contributed by atoms with Crippen LogP contribution in [-0.4, -0.2) is 46.9 Å². The summed E-state index contributed by atoms with van der Waals surface area (Å²) in [6.07, 6.45) is 63.5. The summed E-state index contributed by atoms with van der Waals surface area (Å²) in [5.41, 5.74) is 0. The number of amides is 1. The number of rotatable bonds is 45. The molecule has 0 fully saturated rings. The molecular formula is C56H97NO5. The van der Waals surface area contributed by atoms with Gasteiger partial charge in [-0.15, -0.1) is 0 Å². The number of esters is 1. The minimum Gasteiger partial charge on any atom is -0.462 e. The molecule has 0 saturated carbocycles. The van der Waals surface area contributed by atoms with Crippen LogP contribution in [0.3, 0.4) is 0 Å². The van der Waals surface area contributed by atoms with Gasteiger partial charge in [0.05, 0.1) is 25.2 Å². The Kier molecular flexibility index (Phi) is 46.7. The number of carbonyl (C=O) groups excluding carboxylic acids is 2. The van der Waals surface area contributed by atoms with E-state index in [4.69, 9.17) is 4.74 Å². The average molecular weight is 864 g/mol. The van der Waals surface area contributed by atoms with Crippen molar-refractivity contribution >= 4 is 11.9 Å². The maximum Gasteiger partial charge on any atom is 0.306 e. The van der Waals surface area contributed by atoms with Gasteiger partial charge in [0.2, 0.25) is 5.91 Å². The molecule has 0 radical (unpaired) electrons. The van der Waals surface area contributed by atoms with Crippen molar-refractivity contribution < 1.29 is 24.5 Å². The Morgan fingerprint density at radius 3 is 1.48 bits per heavy atom. The molecule has 0 saturated heterocycles. The molecule has 0 aromatic rings. The molecule has 0 rings (SSSR count). The maximum atomic E-state index is 13.2. The van der Waals surface area contributed by atoms with Crippen LogP contribution in [0.1, 0.15) is 233 Å². The van der Waals surface area contributed by atoms with Crippen molar-refractivity contribution in [3.63, 3.8) is 0 Å². The fourth-order valence-corrected chi connectivity index (χ4v) is 7.35. The zero-order valence-electron chi connectivity index (χ0n) is 40.5. The number of hydrogen-bond donors (Lipinski definition) is 3. The molecule has 0 aromatic heterocycles. The Balaban J connectivity index is 4.66. The fraction of sp³-hybridized carbons (Fsp3) is 0.714. The SMILES string of the molecule is CC/C=C/C=C/C=C/CCCCCCCC(CC(=O)NC(CO)C(O)CCCCCCCCCCCCC)OC(=O)CCCCC/C=C\C/C=C\C/C=C\C/C=C\CCCCC. The number of nitrogens with one attached hydrogen (secondary N) is 1. The van der Waals surface area contributed by atoms with Gasteiger partial charge in [-0.3, -0.25) is 9.59 Å². The van der Waals surface area contributed by atoms with Gasteiger partial charge in [-0.05, 0) is 89.9 Å². The van der Waals surface area contributed by atoms with E-state index in [1.54, 1.807) is 0 Å². The van der Waals surface area contributed by atoms with Crippen molar-refractivity contribution in [1.29, 1.82) is 0 Å². The highest BCUT2D eigenvalue weighted by atomic mass is 16.5. The van der Waals surface area contributed by atoms with Gasteiger partial charge in [-0.25, -0.2) is 0 Å². The van der Waals surface area contributed by atoms with Crippen molar-refractivity contribution in [3.8, 4) is 0 Å². The molecule has 3 unspecified atom stereocenters. The first-order valence-corrected chi connectivity index (χ1v) is 25.8. The summed E-state index contributed by atoms with van der Waals surface area (Å²) in [6.45, 7) is 6.30. The lowest BCUT2D eigenvalue weighted by Crippen LogP contribution is -2.46. The maximum absolute atomic E-state index is 13.2. The summed E-state index contributed by atoms with van der Waals surface area (Å²) in [6, 6.07) is -0.719. The second-order valence-corrected chi connectivity index (χ2v) is 17.2. The van der Waals surface area contributed by atoms with Gasteiger partial charge in [-0.2, -0.15) is 0 Å². The summed E-state index contributed by atoms with van der Waals surface area (Å²) < 4.78 is 5.91. The molecule has 6 heteroatoms. The van der Waals surface area contributed by atoms with Crippen LogP contribution in [0.25, 0.3) is 0 Å². The lowest BCUT2D eigenvalue weighted by Gasteiger charge is -2.24. The van der Waals surface area contributed by atoms with E-state index >= 15 is 0 Å². The first-order valence-electron chi connectivity index (χ1n) is 25.8. The average Bonchev–Trinajstić information content (AvgIpc) is 3.26. The number of aliphatic hydroxyl groups excluding tert-OH is 2. The fourth-order valence-electron chi connectivity index (χ4n) is 7.35. The number of hydrogen-bond acceptors (Lipinski definition) is 5. The number of allylic oxidation sites excluding steroid dienone is 14. The minimum absolute atomic E-state index is 0.0469. The molecule has 0 aliphatic carbocycles. The molecule has 0 aromatic carbocycles. The predicted molar refractivity (Wildman–Crippen MR) is 268 cm³/mol. The lowest BCUT2D eigenvalue weighted by molar-refractivity contribution is -0.151. The highest BCUT2D eigenvalue weighted by molar-refractivity contribution is 5.77. The third kappa shape index (κ3) is 43.7. The van der Waals surface area contributed by atoms with Gasteiger partial charge in [0.25, 0.3) is 0 Å². The van der Waals surface area contributed by atoms with E-state index in [0.717, 1.165) is 109 Å². The highest BCUT2D eigenvalue weighted by Crippen LogP contribution is 2.17. The van der Waals surface area contributed by atoms with Crippen molar-refractivity contribution in [2.75, 3.05) is 6.61 Å². The Labute approximate surface area is 383 Å². The molecule has 0 aliphatic rings. The van der Waals surface area contributed by atoms with Crippen LogP contribution < -0.4 is 5.32 Å². The van der Waals surface area contributed by atoms with Crippen LogP contribution >= 0.6 is 0 Å². The van der Waals surface area contributed by atoms with Crippen LogP contribution in [0.4, 0.5) is 0 Å². The monoisotopic (exact) mass is 864 g/mol. The van der Waals surface area contributed by atoms with Gasteiger partial charge < -0.3 is 20.3 Å².